The lowest BCUT2D eigenvalue weighted by molar-refractivity contribution is -0.116. The van der Waals surface area contributed by atoms with Crippen LogP contribution in [-0.2, 0) is 4.79 Å². The van der Waals surface area contributed by atoms with Crippen LogP contribution < -0.4 is 10.6 Å². The molecule has 0 radical (unpaired) electrons. The minimum absolute atomic E-state index is 0.128. The molecule has 8 nitrogen and oxygen atoms in total. The fourth-order valence-electron chi connectivity index (χ4n) is 3.74. The molecule has 2 aromatic heterocycles. The molecule has 0 unspecified atom stereocenters. The van der Waals surface area contributed by atoms with Crippen LogP contribution in [0.4, 0.5) is 21.6 Å². The molecule has 4 rings (SSSR count). The van der Waals surface area contributed by atoms with Gasteiger partial charge >= 0.3 is 0 Å². The van der Waals surface area contributed by atoms with Crippen molar-refractivity contribution in [2.24, 2.45) is 0 Å². The number of aliphatic hydroxyl groups excluding tert-OH is 1. The largest absolute Gasteiger partial charge is 0.393 e. The van der Waals surface area contributed by atoms with Gasteiger partial charge in [0.1, 0.15) is 11.6 Å². The maximum absolute atomic E-state index is 14.3. The van der Waals surface area contributed by atoms with Gasteiger partial charge in [0.05, 0.1) is 23.2 Å². The number of aryl methyl sites for hydroxylation is 1. The Bertz CT molecular complexity index is 1170. The second-order valence-electron chi connectivity index (χ2n) is 8.28. The highest BCUT2D eigenvalue weighted by Crippen LogP contribution is 2.28. The predicted molar refractivity (Wildman–Crippen MR) is 130 cm³/mol. The van der Waals surface area contributed by atoms with Crippen LogP contribution in [0.25, 0.3) is 11.3 Å². The number of aliphatic hydroxyl groups is 1. The molecule has 1 aliphatic heterocycles. The van der Waals surface area contributed by atoms with E-state index in [9.17, 15) is 14.3 Å². The SMILES string of the molecule is Cc1nnc(-c2cc(Cl)ccc2F)cc1Nc1ccnc(NC(=O)CCN2CCC(O)CC2)c1. The monoisotopic (exact) mass is 484 g/mol. The van der Waals surface area contributed by atoms with Crippen LogP contribution in [-0.4, -0.2) is 56.8 Å². The van der Waals surface area contributed by atoms with Crippen molar-refractivity contribution in [2.45, 2.75) is 32.3 Å². The molecule has 34 heavy (non-hydrogen) atoms. The number of nitrogens with zero attached hydrogens (tertiary/aromatic N) is 4. The van der Waals surface area contributed by atoms with E-state index in [1.165, 1.54) is 18.2 Å². The van der Waals surface area contributed by atoms with Crippen molar-refractivity contribution in [1.82, 2.24) is 20.1 Å². The predicted octanol–water partition coefficient (Wildman–Crippen LogP) is 4.17. The Morgan fingerprint density at radius 2 is 2.00 bits per heavy atom. The van der Waals surface area contributed by atoms with E-state index in [1.54, 1.807) is 31.3 Å². The summed E-state index contributed by atoms with van der Waals surface area (Å²) < 4.78 is 14.3. The number of halogens is 2. The molecule has 0 bridgehead atoms. The molecule has 1 saturated heterocycles. The number of piperidine rings is 1. The first-order valence-corrected chi connectivity index (χ1v) is 11.5. The minimum atomic E-state index is -0.442. The van der Waals surface area contributed by atoms with E-state index < -0.39 is 5.82 Å². The number of hydrogen-bond acceptors (Lipinski definition) is 7. The number of pyridine rings is 1. The zero-order chi connectivity index (χ0) is 24.1. The molecule has 1 amide bonds. The molecule has 1 aliphatic rings. The summed E-state index contributed by atoms with van der Waals surface area (Å²) in [4.78, 5) is 18.8. The first kappa shape index (κ1) is 24.0. The summed E-state index contributed by atoms with van der Waals surface area (Å²) in [5, 5.41) is 24.3. The smallest absolute Gasteiger partial charge is 0.226 e. The number of carbonyl (C=O) groups excluding carboxylic acids is 1. The zero-order valence-corrected chi connectivity index (χ0v) is 19.5. The van der Waals surface area contributed by atoms with Gasteiger partial charge in [-0.25, -0.2) is 9.37 Å². The van der Waals surface area contributed by atoms with Crippen molar-refractivity contribution in [3.8, 4) is 11.3 Å². The zero-order valence-electron chi connectivity index (χ0n) is 18.8. The summed E-state index contributed by atoms with van der Waals surface area (Å²) in [6.45, 7) is 4.02. The molecule has 1 aromatic carbocycles. The molecule has 10 heteroatoms. The molecule has 3 heterocycles. The molecule has 0 spiro atoms. The van der Waals surface area contributed by atoms with Crippen molar-refractivity contribution in [2.75, 3.05) is 30.3 Å². The van der Waals surface area contributed by atoms with Gasteiger partial charge in [0.2, 0.25) is 5.91 Å². The highest BCUT2D eigenvalue weighted by molar-refractivity contribution is 6.30. The number of nitrogens with one attached hydrogen (secondary N) is 2. The van der Waals surface area contributed by atoms with E-state index in [-0.39, 0.29) is 17.6 Å². The van der Waals surface area contributed by atoms with Gasteiger partial charge in [-0.05, 0) is 50.1 Å². The standard InChI is InChI=1S/C24H26ClFN6O2/c1-15-21(14-22(31-30-15)19-12-16(25)2-3-20(19)26)28-17-4-8-27-23(13-17)29-24(34)7-11-32-9-5-18(33)6-10-32/h2-4,8,12-14,18,33H,5-7,9-11H2,1H3,(H2,27,28,29,31,34). The third kappa shape index (κ3) is 6.25. The molecule has 0 saturated carbocycles. The quantitative estimate of drug-likeness (QED) is 0.462. The van der Waals surface area contributed by atoms with Gasteiger partial charge in [0.25, 0.3) is 0 Å². The lowest BCUT2D eigenvalue weighted by Gasteiger charge is -2.29. The number of anilines is 3. The highest BCUT2D eigenvalue weighted by atomic mass is 35.5. The van der Waals surface area contributed by atoms with Gasteiger partial charge in [-0.2, -0.15) is 10.2 Å². The average molecular weight is 485 g/mol. The number of rotatable bonds is 7. The summed E-state index contributed by atoms with van der Waals surface area (Å²) in [5.74, 6) is -0.149. The normalized spacial score (nSPS) is 14.7. The van der Waals surface area contributed by atoms with Crippen LogP contribution in [0.1, 0.15) is 25.0 Å². The Morgan fingerprint density at radius 3 is 2.79 bits per heavy atom. The number of likely N-dealkylation sites (tertiary alicyclic amines) is 1. The van der Waals surface area contributed by atoms with E-state index in [0.717, 1.165) is 25.9 Å². The summed E-state index contributed by atoms with van der Waals surface area (Å²) in [6.07, 6.45) is 3.19. The van der Waals surface area contributed by atoms with Crippen molar-refractivity contribution in [1.29, 1.82) is 0 Å². The Hall–Kier alpha value is -3.14. The molecule has 3 N–H and O–H groups in total. The van der Waals surface area contributed by atoms with Crippen molar-refractivity contribution < 1.29 is 14.3 Å². The number of amides is 1. The van der Waals surface area contributed by atoms with Crippen molar-refractivity contribution >= 4 is 34.7 Å². The van der Waals surface area contributed by atoms with Crippen LogP contribution in [0, 0.1) is 12.7 Å². The second kappa shape index (κ2) is 10.9. The fourth-order valence-corrected chi connectivity index (χ4v) is 3.92. The number of benzene rings is 1. The maximum atomic E-state index is 14.3. The summed E-state index contributed by atoms with van der Waals surface area (Å²) >= 11 is 6.01. The van der Waals surface area contributed by atoms with E-state index in [1.807, 2.05) is 0 Å². The van der Waals surface area contributed by atoms with E-state index in [0.29, 0.717) is 46.6 Å². The summed E-state index contributed by atoms with van der Waals surface area (Å²) in [7, 11) is 0. The lowest BCUT2D eigenvalue weighted by Crippen LogP contribution is -2.37. The number of hydrogen-bond donors (Lipinski definition) is 3. The van der Waals surface area contributed by atoms with Crippen LogP contribution in [0.5, 0.6) is 0 Å². The highest BCUT2D eigenvalue weighted by Gasteiger charge is 2.17. The molecular formula is C24H26ClFN6O2. The number of carbonyl (C=O) groups is 1. The molecule has 3 aromatic rings. The van der Waals surface area contributed by atoms with Crippen LogP contribution in [0.3, 0.4) is 0 Å². The van der Waals surface area contributed by atoms with Crippen LogP contribution in [0.2, 0.25) is 5.02 Å². The van der Waals surface area contributed by atoms with Gasteiger partial charge < -0.3 is 20.6 Å². The van der Waals surface area contributed by atoms with E-state index >= 15 is 0 Å². The van der Waals surface area contributed by atoms with Crippen molar-refractivity contribution in [3.05, 3.63) is 59.1 Å². The fraction of sp³-hybridized carbons (Fsp3) is 0.333. The molecular weight excluding hydrogens is 459 g/mol. The lowest BCUT2D eigenvalue weighted by atomic mass is 10.1. The number of aromatic nitrogens is 3. The topological polar surface area (TPSA) is 103 Å². The molecule has 178 valence electrons. The first-order chi connectivity index (χ1) is 16.4. The maximum Gasteiger partial charge on any atom is 0.226 e. The van der Waals surface area contributed by atoms with E-state index in [2.05, 4.69) is 30.7 Å². The summed E-state index contributed by atoms with van der Waals surface area (Å²) in [5.41, 5.74) is 2.55. The van der Waals surface area contributed by atoms with Gasteiger partial charge in [-0.3, -0.25) is 4.79 Å². The van der Waals surface area contributed by atoms with Gasteiger partial charge in [-0.1, -0.05) is 11.6 Å². The molecule has 0 aliphatic carbocycles. The van der Waals surface area contributed by atoms with Gasteiger partial charge in [0, 0.05) is 54.6 Å². The molecule has 1 fully saturated rings. The van der Waals surface area contributed by atoms with Crippen LogP contribution >= 0.6 is 11.6 Å². The molecule has 0 atom stereocenters. The summed E-state index contributed by atoms with van der Waals surface area (Å²) in [6, 6.07) is 9.45. The minimum Gasteiger partial charge on any atom is -0.393 e. The first-order valence-electron chi connectivity index (χ1n) is 11.1. The van der Waals surface area contributed by atoms with Crippen molar-refractivity contribution in [3.63, 3.8) is 0 Å². The third-order valence-corrected chi connectivity index (χ3v) is 5.94. The Labute approximate surface area is 202 Å². The average Bonchev–Trinajstić information content (AvgIpc) is 2.82. The second-order valence-corrected chi connectivity index (χ2v) is 8.72. The van der Waals surface area contributed by atoms with E-state index in [4.69, 9.17) is 11.6 Å². The van der Waals surface area contributed by atoms with Gasteiger partial charge in [0.15, 0.2) is 0 Å². The Morgan fingerprint density at radius 1 is 1.21 bits per heavy atom. The van der Waals surface area contributed by atoms with Gasteiger partial charge in [-0.15, -0.1) is 0 Å². The van der Waals surface area contributed by atoms with Crippen LogP contribution in [0.15, 0.2) is 42.6 Å². The Kier molecular flexibility index (Phi) is 7.66. The Balaban J connectivity index is 1.41. The third-order valence-electron chi connectivity index (χ3n) is 5.70.